The molecule has 0 saturated carbocycles. The number of hydrogen-bond acceptors (Lipinski definition) is 5. The number of carbonyl (C=O) groups excluding carboxylic acids is 2. The van der Waals surface area contributed by atoms with E-state index in [9.17, 15) is 9.59 Å². The summed E-state index contributed by atoms with van der Waals surface area (Å²) in [5.74, 6) is 0.480. The number of esters is 2. The second-order valence-corrected chi connectivity index (χ2v) is 13.0. The topological polar surface area (TPSA) is 61.8 Å². The van der Waals surface area contributed by atoms with Crippen molar-refractivity contribution >= 4 is 11.9 Å². The molecule has 0 fully saturated rings. The maximum absolute atomic E-state index is 12.8. The maximum Gasteiger partial charge on any atom is 0.343 e. The summed E-state index contributed by atoms with van der Waals surface area (Å²) in [6.45, 7) is 7.28. The minimum Gasteiger partial charge on any atom is -0.494 e. The fraction of sp³-hybridized carbons (Fsp3) is 0.535. The van der Waals surface area contributed by atoms with Gasteiger partial charge in [0.1, 0.15) is 17.6 Å². The molecule has 0 unspecified atom stereocenters. The van der Waals surface area contributed by atoms with Gasteiger partial charge in [0.2, 0.25) is 0 Å². The van der Waals surface area contributed by atoms with Gasteiger partial charge in [0.15, 0.2) is 0 Å². The van der Waals surface area contributed by atoms with Crippen LogP contribution in [-0.4, -0.2) is 24.6 Å². The van der Waals surface area contributed by atoms with Crippen LogP contribution in [0.2, 0.25) is 0 Å². The molecule has 1 atom stereocenters. The van der Waals surface area contributed by atoms with E-state index in [0.717, 1.165) is 49.2 Å². The Labute approximate surface area is 290 Å². The Morgan fingerprint density at radius 2 is 0.938 bits per heavy atom. The Hall–Kier alpha value is -3.60. The van der Waals surface area contributed by atoms with Crippen molar-refractivity contribution in [3.8, 4) is 22.6 Å². The second kappa shape index (κ2) is 23.7. The average molecular weight is 657 g/mol. The molecule has 262 valence electrons. The standard InChI is InChI=1S/C43H60O5/c1-4-7-9-11-13-14-15-16-18-20-34-46-40-30-26-36(27-31-40)35-22-24-37(25-23-35)43(45)48-41-32-28-38(29-33-41)42(44)47-39(6-3)21-19-17-12-10-8-5-2/h22-33,39H,4-21,34H2,1-3H3/t39-/m1/s1. The summed E-state index contributed by atoms with van der Waals surface area (Å²) in [4.78, 5) is 25.5. The van der Waals surface area contributed by atoms with Crippen molar-refractivity contribution in [1.29, 1.82) is 0 Å². The molecule has 3 aromatic rings. The van der Waals surface area contributed by atoms with Crippen molar-refractivity contribution in [2.45, 2.75) is 142 Å². The quantitative estimate of drug-likeness (QED) is 0.0516. The molecule has 0 saturated heterocycles. The third kappa shape index (κ3) is 15.1. The predicted octanol–water partition coefficient (Wildman–Crippen LogP) is 12.6. The summed E-state index contributed by atoms with van der Waals surface area (Å²) in [7, 11) is 0. The third-order valence-electron chi connectivity index (χ3n) is 8.98. The second-order valence-electron chi connectivity index (χ2n) is 13.0. The van der Waals surface area contributed by atoms with Crippen LogP contribution in [0.15, 0.2) is 72.8 Å². The largest absolute Gasteiger partial charge is 0.494 e. The van der Waals surface area contributed by atoms with Crippen LogP contribution in [0.5, 0.6) is 11.5 Å². The van der Waals surface area contributed by atoms with Crippen LogP contribution < -0.4 is 9.47 Å². The molecule has 0 spiro atoms. The molecule has 0 aliphatic carbocycles. The van der Waals surface area contributed by atoms with Gasteiger partial charge in [-0.05, 0) is 85.3 Å². The highest BCUT2D eigenvalue weighted by Crippen LogP contribution is 2.24. The monoisotopic (exact) mass is 656 g/mol. The molecular formula is C43H60O5. The van der Waals surface area contributed by atoms with Crippen LogP contribution in [-0.2, 0) is 4.74 Å². The number of benzene rings is 3. The molecule has 0 radical (unpaired) electrons. The predicted molar refractivity (Wildman–Crippen MR) is 198 cm³/mol. The highest BCUT2D eigenvalue weighted by Gasteiger charge is 2.15. The summed E-state index contributed by atoms with van der Waals surface area (Å²) < 4.78 is 17.3. The number of hydrogen-bond donors (Lipinski definition) is 0. The summed E-state index contributed by atoms with van der Waals surface area (Å²) >= 11 is 0. The maximum atomic E-state index is 12.8. The van der Waals surface area contributed by atoms with Crippen molar-refractivity contribution in [1.82, 2.24) is 0 Å². The van der Waals surface area contributed by atoms with Gasteiger partial charge in [-0.2, -0.15) is 0 Å². The molecule has 5 heteroatoms. The molecule has 0 aromatic heterocycles. The van der Waals surface area contributed by atoms with E-state index in [-0.39, 0.29) is 12.1 Å². The lowest BCUT2D eigenvalue weighted by Crippen LogP contribution is -2.17. The summed E-state index contributed by atoms with van der Waals surface area (Å²) in [6.07, 6.45) is 22.1. The van der Waals surface area contributed by atoms with Gasteiger partial charge in [-0.3, -0.25) is 0 Å². The molecule has 3 aromatic carbocycles. The van der Waals surface area contributed by atoms with Crippen molar-refractivity contribution in [2.24, 2.45) is 0 Å². The molecule has 0 N–H and O–H groups in total. The van der Waals surface area contributed by atoms with Crippen LogP contribution in [0.25, 0.3) is 11.1 Å². The van der Waals surface area contributed by atoms with Gasteiger partial charge in [0.05, 0.1) is 17.7 Å². The average Bonchev–Trinajstić information content (AvgIpc) is 3.12. The van der Waals surface area contributed by atoms with Crippen LogP contribution in [0.3, 0.4) is 0 Å². The van der Waals surface area contributed by atoms with Crippen molar-refractivity contribution in [3.63, 3.8) is 0 Å². The normalized spacial score (nSPS) is 11.6. The Morgan fingerprint density at radius 1 is 0.500 bits per heavy atom. The lowest BCUT2D eigenvalue weighted by molar-refractivity contribution is 0.0267. The van der Waals surface area contributed by atoms with Gasteiger partial charge in [-0.25, -0.2) is 9.59 Å². The van der Waals surface area contributed by atoms with E-state index in [4.69, 9.17) is 14.2 Å². The van der Waals surface area contributed by atoms with E-state index < -0.39 is 5.97 Å². The SMILES string of the molecule is CCCCCCCCCCCCOc1ccc(-c2ccc(C(=O)Oc3ccc(C(=O)O[C@H](CC)CCCCCCCC)cc3)cc2)cc1. The summed E-state index contributed by atoms with van der Waals surface area (Å²) in [5, 5.41) is 0. The Kier molecular flexibility index (Phi) is 19.2. The molecule has 48 heavy (non-hydrogen) atoms. The van der Waals surface area contributed by atoms with Crippen LogP contribution in [0.4, 0.5) is 0 Å². The van der Waals surface area contributed by atoms with Gasteiger partial charge >= 0.3 is 11.9 Å². The first kappa shape index (κ1) is 38.8. The van der Waals surface area contributed by atoms with Crippen LogP contribution in [0.1, 0.15) is 157 Å². The van der Waals surface area contributed by atoms with Gasteiger partial charge in [0, 0.05) is 0 Å². The zero-order chi connectivity index (χ0) is 34.2. The fourth-order valence-electron chi connectivity index (χ4n) is 5.87. The zero-order valence-electron chi connectivity index (χ0n) is 30.0. The lowest BCUT2D eigenvalue weighted by atomic mass is 10.0. The molecule has 3 rings (SSSR count). The smallest absolute Gasteiger partial charge is 0.343 e. The van der Waals surface area contributed by atoms with Gasteiger partial charge in [-0.15, -0.1) is 0 Å². The third-order valence-corrected chi connectivity index (χ3v) is 8.98. The molecular weight excluding hydrogens is 596 g/mol. The Balaban J connectivity index is 1.37. The van der Waals surface area contributed by atoms with E-state index >= 15 is 0 Å². The molecule has 0 amide bonds. The van der Waals surface area contributed by atoms with Gasteiger partial charge < -0.3 is 14.2 Å². The minimum atomic E-state index is -0.447. The van der Waals surface area contributed by atoms with E-state index in [0.29, 0.717) is 16.9 Å². The lowest BCUT2D eigenvalue weighted by Gasteiger charge is -2.16. The van der Waals surface area contributed by atoms with Crippen molar-refractivity contribution in [2.75, 3.05) is 6.61 Å². The first-order valence-electron chi connectivity index (χ1n) is 18.9. The fourth-order valence-corrected chi connectivity index (χ4v) is 5.87. The van der Waals surface area contributed by atoms with E-state index in [2.05, 4.69) is 20.8 Å². The Bertz CT molecular complexity index is 1280. The molecule has 0 aliphatic heterocycles. The first-order chi connectivity index (χ1) is 23.5. The van der Waals surface area contributed by atoms with E-state index in [1.807, 2.05) is 36.4 Å². The van der Waals surface area contributed by atoms with E-state index in [1.54, 1.807) is 36.4 Å². The zero-order valence-corrected chi connectivity index (χ0v) is 30.0. The minimum absolute atomic E-state index is 0.0744. The number of unbranched alkanes of at least 4 members (excludes halogenated alkanes) is 14. The summed E-state index contributed by atoms with van der Waals surface area (Å²) in [5.41, 5.74) is 2.98. The highest BCUT2D eigenvalue weighted by molar-refractivity contribution is 5.92. The molecule has 5 nitrogen and oxygen atoms in total. The molecule has 0 aliphatic rings. The van der Waals surface area contributed by atoms with Crippen molar-refractivity contribution in [3.05, 3.63) is 83.9 Å². The van der Waals surface area contributed by atoms with Crippen LogP contribution >= 0.6 is 0 Å². The van der Waals surface area contributed by atoms with Gasteiger partial charge in [-0.1, -0.05) is 135 Å². The van der Waals surface area contributed by atoms with Crippen LogP contribution in [0, 0.1) is 0 Å². The number of ether oxygens (including phenoxy) is 3. The van der Waals surface area contributed by atoms with Crippen molar-refractivity contribution < 1.29 is 23.8 Å². The summed E-state index contributed by atoms with van der Waals surface area (Å²) in [6, 6.07) is 22.1. The molecule has 0 bridgehead atoms. The Morgan fingerprint density at radius 3 is 1.48 bits per heavy atom. The molecule has 0 heterocycles. The first-order valence-corrected chi connectivity index (χ1v) is 18.9. The highest BCUT2D eigenvalue weighted by atomic mass is 16.5. The number of carbonyl (C=O) groups is 2. The van der Waals surface area contributed by atoms with Gasteiger partial charge in [0.25, 0.3) is 0 Å². The number of rotatable bonds is 25. The van der Waals surface area contributed by atoms with E-state index in [1.165, 1.54) is 89.9 Å².